The largest absolute Gasteiger partial charge is 0.462 e. The number of allylic oxidation sites excluding steroid dienone is 1. The molecule has 1 N–H and O–H groups in total. The Morgan fingerprint density at radius 1 is 1.17 bits per heavy atom. The standard InChI is InChI=1S/C28H30F3NO3/c1-17-25-24(23-8-3-2-5-19(23)14-27(25,16-33)26(34)35-17)12-11-22-10-9-20(15-32-22)18-6-4-7-21(13-18)28(29,30)31/h4,6-7,9-13,15,17,19,23-25,33H,2-3,5,8,14,16H2,1H3/b12-11+/t17-,19+,23-,24+,25+,27+/m1/s1. The zero-order valence-corrected chi connectivity index (χ0v) is 19.7. The Hall–Kier alpha value is -2.67. The summed E-state index contributed by atoms with van der Waals surface area (Å²) in [6, 6.07) is 8.79. The molecule has 0 bridgehead atoms. The number of esters is 1. The number of fused-ring (bicyclic) bond motifs is 2. The van der Waals surface area contributed by atoms with E-state index in [2.05, 4.69) is 11.1 Å². The Balaban J connectivity index is 1.41. The van der Waals surface area contributed by atoms with Gasteiger partial charge in [-0.05, 0) is 67.4 Å². The molecule has 186 valence electrons. The summed E-state index contributed by atoms with van der Waals surface area (Å²) in [4.78, 5) is 17.3. The second-order valence-electron chi connectivity index (χ2n) is 10.3. The highest BCUT2D eigenvalue weighted by Gasteiger charge is 2.63. The van der Waals surface area contributed by atoms with Gasteiger partial charge >= 0.3 is 12.1 Å². The van der Waals surface area contributed by atoms with Gasteiger partial charge in [0.05, 0.1) is 23.3 Å². The van der Waals surface area contributed by atoms with Crippen LogP contribution in [0.3, 0.4) is 0 Å². The third kappa shape index (κ3) is 4.28. The maximum atomic E-state index is 13.1. The van der Waals surface area contributed by atoms with Crippen molar-refractivity contribution in [2.75, 3.05) is 6.61 Å². The predicted octanol–water partition coefficient (Wildman–Crippen LogP) is 6.15. The van der Waals surface area contributed by atoms with Crippen molar-refractivity contribution >= 4 is 12.0 Å². The van der Waals surface area contributed by atoms with Crippen molar-refractivity contribution in [3.8, 4) is 11.1 Å². The lowest BCUT2D eigenvalue weighted by Crippen LogP contribution is -2.51. The lowest BCUT2D eigenvalue weighted by Gasteiger charge is -2.50. The summed E-state index contributed by atoms with van der Waals surface area (Å²) in [6.45, 7) is 1.73. The summed E-state index contributed by atoms with van der Waals surface area (Å²) in [5, 5.41) is 10.3. The number of alkyl halides is 3. The van der Waals surface area contributed by atoms with E-state index in [1.807, 2.05) is 13.0 Å². The van der Waals surface area contributed by atoms with Crippen LogP contribution in [0, 0.1) is 29.1 Å². The van der Waals surface area contributed by atoms with Crippen LogP contribution in [-0.4, -0.2) is 28.8 Å². The van der Waals surface area contributed by atoms with Crippen LogP contribution in [0.1, 0.15) is 50.3 Å². The summed E-state index contributed by atoms with van der Waals surface area (Å²) < 4.78 is 44.9. The van der Waals surface area contributed by atoms with E-state index < -0.39 is 17.2 Å². The Labute approximate surface area is 203 Å². The molecule has 6 atom stereocenters. The molecular weight excluding hydrogens is 455 g/mol. The number of aliphatic hydroxyl groups excluding tert-OH is 1. The molecule has 0 unspecified atom stereocenters. The van der Waals surface area contributed by atoms with Gasteiger partial charge < -0.3 is 9.84 Å². The first kappa shape index (κ1) is 24.0. The molecule has 7 heteroatoms. The van der Waals surface area contributed by atoms with Crippen LogP contribution in [0.4, 0.5) is 13.2 Å². The number of carbonyl (C=O) groups is 1. The third-order valence-electron chi connectivity index (χ3n) is 8.43. The van der Waals surface area contributed by atoms with Crippen molar-refractivity contribution in [3.05, 3.63) is 59.9 Å². The van der Waals surface area contributed by atoms with E-state index in [0.29, 0.717) is 35.1 Å². The van der Waals surface area contributed by atoms with Gasteiger partial charge in [0.15, 0.2) is 0 Å². The number of hydrogen-bond donors (Lipinski definition) is 1. The van der Waals surface area contributed by atoms with Gasteiger partial charge in [0.1, 0.15) is 6.10 Å². The number of hydrogen-bond acceptors (Lipinski definition) is 4. The lowest BCUT2D eigenvalue weighted by atomic mass is 9.52. The number of carbonyl (C=O) groups excluding carboxylic acids is 1. The van der Waals surface area contributed by atoms with Crippen LogP contribution in [0.15, 0.2) is 48.7 Å². The van der Waals surface area contributed by atoms with Crippen LogP contribution >= 0.6 is 0 Å². The molecule has 35 heavy (non-hydrogen) atoms. The molecule has 2 saturated carbocycles. The number of halogens is 3. The summed E-state index contributed by atoms with van der Waals surface area (Å²) in [5.41, 5.74) is 0.247. The van der Waals surface area contributed by atoms with Gasteiger partial charge in [-0.25, -0.2) is 0 Å². The fraction of sp³-hybridized carbons (Fsp3) is 0.500. The quantitative estimate of drug-likeness (QED) is 0.528. The number of nitrogens with zero attached hydrogens (tertiary/aromatic N) is 1. The summed E-state index contributed by atoms with van der Waals surface area (Å²) in [5.74, 6) is 0.554. The van der Waals surface area contributed by atoms with Gasteiger partial charge in [-0.2, -0.15) is 13.2 Å². The first-order valence-electron chi connectivity index (χ1n) is 12.4. The van der Waals surface area contributed by atoms with Gasteiger partial charge in [-0.1, -0.05) is 43.5 Å². The minimum Gasteiger partial charge on any atom is -0.462 e. The maximum Gasteiger partial charge on any atom is 0.416 e. The average molecular weight is 486 g/mol. The average Bonchev–Trinajstić information content (AvgIpc) is 3.11. The van der Waals surface area contributed by atoms with Crippen molar-refractivity contribution in [1.82, 2.24) is 4.98 Å². The molecule has 3 fully saturated rings. The minimum atomic E-state index is -4.39. The van der Waals surface area contributed by atoms with Crippen LogP contribution < -0.4 is 0 Å². The van der Waals surface area contributed by atoms with E-state index in [0.717, 1.165) is 37.8 Å². The second kappa shape index (κ2) is 9.08. The Bertz CT molecular complexity index is 1110. The Morgan fingerprint density at radius 3 is 2.69 bits per heavy atom. The van der Waals surface area contributed by atoms with Crippen molar-refractivity contribution < 1.29 is 27.8 Å². The van der Waals surface area contributed by atoms with Crippen molar-refractivity contribution in [3.63, 3.8) is 0 Å². The molecule has 1 aliphatic heterocycles. The zero-order chi connectivity index (χ0) is 24.8. The topological polar surface area (TPSA) is 59.4 Å². The summed E-state index contributed by atoms with van der Waals surface area (Å²) in [7, 11) is 0. The first-order valence-corrected chi connectivity index (χ1v) is 12.4. The number of pyridine rings is 1. The number of benzene rings is 1. The third-order valence-corrected chi connectivity index (χ3v) is 8.43. The van der Waals surface area contributed by atoms with Gasteiger partial charge in [0.25, 0.3) is 0 Å². The Morgan fingerprint density at radius 2 is 1.97 bits per heavy atom. The van der Waals surface area contributed by atoms with E-state index in [-0.39, 0.29) is 30.5 Å². The van der Waals surface area contributed by atoms with Crippen molar-refractivity contribution in [2.24, 2.45) is 29.1 Å². The first-order chi connectivity index (χ1) is 16.7. The number of aromatic nitrogens is 1. The monoisotopic (exact) mass is 485 g/mol. The normalized spacial score (nSPS) is 32.8. The zero-order valence-electron chi connectivity index (χ0n) is 19.7. The molecule has 2 aromatic rings. The number of cyclic esters (lactones) is 1. The fourth-order valence-electron chi connectivity index (χ4n) is 6.83. The Kier molecular flexibility index (Phi) is 6.24. The molecule has 1 aromatic carbocycles. The number of aliphatic hydroxyl groups is 1. The minimum absolute atomic E-state index is 0.0834. The highest BCUT2D eigenvalue weighted by molar-refractivity contribution is 5.80. The molecule has 4 nitrogen and oxygen atoms in total. The van der Waals surface area contributed by atoms with Crippen LogP contribution in [0.5, 0.6) is 0 Å². The van der Waals surface area contributed by atoms with Crippen molar-refractivity contribution in [2.45, 2.75) is 51.3 Å². The molecule has 0 radical (unpaired) electrons. The van der Waals surface area contributed by atoms with Crippen LogP contribution in [0.25, 0.3) is 17.2 Å². The molecule has 1 aromatic heterocycles. The molecule has 3 aliphatic rings. The predicted molar refractivity (Wildman–Crippen MR) is 126 cm³/mol. The van der Waals surface area contributed by atoms with E-state index in [1.165, 1.54) is 6.07 Å². The van der Waals surface area contributed by atoms with Crippen molar-refractivity contribution in [1.29, 1.82) is 0 Å². The van der Waals surface area contributed by atoms with Gasteiger partial charge in [-0.3, -0.25) is 9.78 Å². The van der Waals surface area contributed by atoms with Gasteiger partial charge in [0.2, 0.25) is 0 Å². The van der Waals surface area contributed by atoms with Gasteiger partial charge in [-0.15, -0.1) is 0 Å². The number of rotatable bonds is 4. The second-order valence-corrected chi connectivity index (χ2v) is 10.3. The molecular formula is C28H30F3NO3. The molecule has 2 heterocycles. The highest BCUT2D eigenvalue weighted by atomic mass is 19.4. The van der Waals surface area contributed by atoms with Crippen LogP contribution in [0.2, 0.25) is 0 Å². The highest BCUT2D eigenvalue weighted by Crippen LogP contribution is 2.59. The van der Waals surface area contributed by atoms with E-state index in [1.54, 1.807) is 24.4 Å². The van der Waals surface area contributed by atoms with E-state index >= 15 is 0 Å². The molecule has 0 amide bonds. The molecule has 1 saturated heterocycles. The fourth-order valence-corrected chi connectivity index (χ4v) is 6.83. The smallest absolute Gasteiger partial charge is 0.416 e. The van der Waals surface area contributed by atoms with Gasteiger partial charge in [0, 0.05) is 17.7 Å². The van der Waals surface area contributed by atoms with E-state index in [4.69, 9.17) is 4.74 Å². The SMILES string of the molecule is C[C@H]1OC(=O)[C@]2(CO)C[C@@H]3CCCC[C@H]3[C@H](/C=C/c3ccc(-c4cccc(C(F)(F)F)c4)cn3)[C@H]12. The lowest BCUT2D eigenvalue weighted by molar-refractivity contribution is -0.153. The summed E-state index contributed by atoms with van der Waals surface area (Å²) in [6.07, 6.45) is 6.16. The maximum absolute atomic E-state index is 13.1. The van der Waals surface area contributed by atoms with E-state index in [9.17, 15) is 23.1 Å². The number of ether oxygens (including phenoxy) is 1. The molecule has 0 spiro atoms. The summed E-state index contributed by atoms with van der Waals surface area (Å²) >= 11 is 0. The van der Waals surface area contributed by atoms with Crippen LogP contribution in [-0.2, 0) is 15.7 Å². The molecule has 5 rings (SSSR count). The molecule has 2 aliphatic carbocycles.